The summed E-state index contributed by atoms with van der Waals surface area (Å²) < 4.78 is 0. The van der Waals surface area contributed by atoms with E-state index in [9.17, 15) is 9.90 Å². The highest BCUT2D eigenvalue weighted by Gasteiger charge is 2.15. The molecule has 0 atom stereocenters. The molecule has 0 bridgehead atoms. The average molecular weight is 297 g/mol. The molecule has 2 aromatic carbocycles. The van der Waals surface area contributed by atoms with Crippen LogP contribution in [0.1, 0.15) is 10.4 Å². The summed E-state index contributed by atoms with van der Waals surface area (Å²) in [5.41, 5.74) is 2.07. The first-order chi connectivity index (χ1) is 10.1. The van der Waals surface area contributed by atoms with Crippen LogP contribution in [0, 0.1) is 0 Å². The molecule has 2 aromatic heterocycles. The van der Waals surface area contributed by atoms with Crippen LogP contribution in [0.5, 0.6) is 0 Å². The SMILES string of the molecule is O=C(O)c1cc2c3cc(Cl)ccc3[nH]c2c2ccncc12. The van der Waals surface area contributed by atoms with E-state index in [0.29, 0.717) is 10.4 Å². The van der Waals surface area contributed by atoms with Gasteiger partial charge >= 0.3 is 5.97 Å². The Labute approximate surface area is 124 Å². The molecule has 0 amide bonds. The van der Waals surface area contributed by atoms with Crippen LogP contribution < -0.4 is 0 Å². The normalized spacial score (nSPS) is 11.5. The minimum atomic E-state index is -0.966. The molecule has 0 unspecified atom stereocenters. The zero-order chi connectivity index (χ0) is 14.6. The van der Waals surface area contributed by atoms with E-state index in [1.54, 1.807) is 24.5 Å². The summed E-state index contributed by atoms with van der Waals surface area (Å²) in [5.74, 6) is -0.966. The third-order valence-corrected chi connectivity index (χ3v) is 3.94. The fourth-order valence-corrected chi connectivity index (χ4v) is 2.95. The van der Waals surface area contributed by atoms with Crippen molar-refractivity contribution in [3.05, 3.63) is 53.3 Å². The standard InChI is InChI=1S/C16H9ClN2O2/c17-8-1-2-14-10(5-8)11-6-12(16(20)21)13-7-18-4-3-9(13)15(11)19-14/h1-7,19H,(H,20,21). The largest absolute Gasteiger partial charge is 0.478 e. The van der Waals surface area contributed by atoms with E-state index in [2.05, 4.69) is 9.97 Å². The second-order valence-corrected chi connectivity index (χ2v) is 5.32. The fraction of sp³-hybridized carbons (Fsp3) is 0. The number of benzene rings is 2. The second kappa shape index (κ2) is 4.20. The van der Waals surface area contributed by atoms with Crippen LogP contribution in [-0.4, -0.2) is 21.0 Å². The van der Waals surface area contributed by atoms with E-state index in [1.165, 1.54) is 0 Å². The van der Waals surface area contributed by atoms with E-state index < -0.39 is 5.97 Å². The van der Waals surface area contributed by atoms with Gasteiger partial charge in [-0.25, -0.2) is 4.79 Å². The Morgan fingerprint density at radius 3 is 2.76 bits per heavy atom. The minimum absolute atomic E-state index is 0.242. The Hall–Kier alpha value is -2.59. The highest BCUT2D eigenvalue weighted by Crippen LogP contribution is 2.34. The van der Waals surface area contributed by atoms with E-state index in [-0.39, 0.29) is 5.56 Å². The molecule has 0 spiro atoms. The maximum absolute atomic E-state index is 11.5. The number of fused-ring (bicyclic) bond motifs is 5. The Kier molecular flexibility index (Phi) is 2.43. The van der Waals surface area contributed by atoms with E-state index >= 15 is 0 Å². The van der Waals surface area contributed by atoms with Crippen LogP contribution in [0.2, 0.25) is 5.02 Å². The molecule has 2 heterocycles. The summed E-state index contributed by atoms with van der Waals surface area (Å²) in [6.45, 7) is 0. The van der Waals surface area contributed by atoms with Crippen molar-refractivity contribution in [2.75, 3.05) is 0 Å². The number of aromatic carboxylic acids is 1. The number of carbonyl (C=O) groups is 1. The Morgan fingerprint density at radius 1 is 1.10 bits per heavy atom. The molecule has 0 saturated carbocycles. The summed E-state index contributed by atoms with van der Waals surface area (Å²) in [4.78, 5) is 18.9. The van der Waals surface area contributed by atoms with Gasteiger partial charge < -0.3 is 10.1 Å². The summed E-state index contributed by atoms with van der Waals surface area (Å²) in [6.07, 6.45) is 3.24. The monoisotopic (exact) mass is 296 g/mol. The molecule has 0 saturated heterocycles. The van der Waals surface area contributed by atoms with Gasteiger partial charge in [0.2, 0.25) is 0 Å². The molecule has 21 heavy (non-hydrogen) atoms. The van der Waals surface area contributed by atoms with E-state index in [0.717, 1.165) is 27.2 Å². The number of aromatic amines is 1. The molecule has 0 aliphatic carbocycles. The van der Waals surface area contributed by atoms with Gasteiger partial charge in [0.25, 0.3) is 0 Å². The number of H-pyrrole nitrogens is 1. The van der Waals surface area contributed by atoms with Gasteiger partial charge in [-0.2, -0.15) is 0 Å². The van der Waals surface area contributed by atoms with Crippen molar-refractivity contribution in [2.24, 2.45) is 0 Å². The number of carboxylic acids is 1. The first-order valence-electron chi connectivity index (χ1n) is 6.36. The average Bonchev–Trinajstić information content (AvgIpc) is 2.84. The van der Waals surface area contributed by atoms with Gasteiger partial charge in [0.05, 0.1) is 11.1 Å². The molecule has 4 nitrogen and oxygen atoms in total. The van der Waals surface area contributed by atoms with Crippen molar-refractivity contribution in [1.29, 1.82) is 0 Å². The lowest BCUT2D eigenvalue weighted by Gasteiger charge is -2.04. The lowest BCUT2D eigenvalue weighted by Crippen LogP contribution is -1.98. The smallest absolute Gasteiger partial charge is 0.336 e. The number of halogens is 1. The quantitative estimate of drug-likeness (QED) is 0.552. The molecule has 0 fully saturated rings. The summed E-state index contributed by atoms with van der Waals surface area (Å²) in [6, 6.07) is 9.04. The van der Waals surface area contributed by atoms with E-state index in [1.807, 2.05) is 18.2 Å². The first kappa shape index (κ1) is 12.2. The number of rotatable bonds is 1. The highest BCUT2D eigenvalue weighted by atomic mass is 35.5. The van der Waals surface area contributed by atoms with Crippen molar-refractivity contribution < 1.29 is 9.90 Å². The third kappa shape index (κ3) is 1.69. The first-order valence-corrected chi connectivity index (χ1v) is 6.74. The number of carboxylic acid groups (broad SMARTS) is 1. The number of hydrogen-bond acceptors (Lipinski definition) is 2. The van der Waals surface area contributed by atoms with Gasteiger partial charge in [0, 0.05) is 44.5 Å². The van der Waals surface area contributed by atoms with Gasteiger partial charge in [-0.15, -0.1) is 0 Å². The molecule has 102 valence electrons. The predicted molar refractivity (Wildman–Crippen MR) is 83.1 cm³/mol. The minimum Gasteiger partial charge on any atom is -0.478 e. The van der Waals surface area contributed by atoms with Gasteiger partial charge in [-0.3, -0.25) is 4.98 Å². The Morgan fingerprint density at radius 2 is 1.95 bits per heavy atom. The molecule has 5 heteroatoms. The van der Waals surface area contributed by atoms with Gasteiger partial charge in [-0.05, 0) is 30.3 Å². The molecule has 0 radical (unpaired) electrons. The number of hydrogen-bond donors (Lipinski definition) is 2. The third-order valence-electron chi connectivity index (χ3n) is 3.70. The lowest BCUT2D eigenvalue weighted by atomic mass is 10.0. The molecule has 2 N–H and O–H groups in total. The van der Waals surface area contributed by atoms with Gasteiger partial charge in [-0.1, -0.05) is 11.6 Å². The molecular formula is C16H9ClN2O2. The fourth-order valence-electron chi connectivity index (χ4n) is 2.77. The van der Waals surface area contributed by atoms with Gasteiger partial charge in [0.1, 0.15) is 0 Å². The van der Waals surface area contributed by atoms with E-state index in [4.69, 9.17) is 11.6 Å². The maximum Gasteiger partial charge on any atom is 0.336 e. The topological polar surface area (TPSA) is 66.0 Å². The number of aromatic nitrogens is 2. The van der Waals surface area contributed by atoms with Crippen molar-refractivity contribution in [3.63, 3.8) is 0 Å². The summed E-state index contributed by atoms with van der Waals surface area (Å²) in [5, 5.41) is 13.3. The zero-order valence-electron chi connectivity index (χ0n) is 10.7. The van der Waals surface area contributed by atoms with Crippen LogP contribution in [0.4, 0.5) is 0 Å². The van der Waals surface area contributed by atoms with Crippen molar-refractivity contribution in [2.45, 2.75) is 0 Å². The maximum atomic E-state index is 11.5. The highest BCUT2D eigenvalue weighted by molar-refractivity contribution is 6.32. The van der Waals surface area contributed by atoms with Crippen molar-refractivity contribution in [1.82, 2.24) is 9.97 Å². The number of nitrogens with zero attached hydrogens (tertiary/aromatic N) is 1. The van der Waals surface area contributed by atoms with Crippen LogP contribution in [-0.2, 0) is 0 Å². The molecular weight excluding hydrogens is 288 g/mol. The van der Waals surface area contributed by atoms with Crippen LogP contribution in [0.15, 0.2) is 42.7 Å². The molecule has 4 aromatic rings. The predicted octanol–water partition coefficient (Wildman–Crippen LogP) is 4.22. The van der Waals surface area contributed by atoms with Crippen molar-refractivity contribution >= 4 is 50.1 Å². The van der Waals surface area contributed by atoms with Crippen LogP contribution in [0.3, 0.4) is 0 Å². The lowest BCUT2D eigenvalue weighted by molar-refractivity contribution is 0.0699. The number of pyridine rings is 1. The summed E-state index contributed by atoms with van der Waals surface area (Å²) in [7, 11) is 0. The Balaban J connectivity index is 2.31. The van der Waals surface area contributed by atoms with Crippen molar-refractivity contribution in [3.8, 4) is 0 Å². The summed E-state index contributed by atoms with van der Waals surface area (Å²) >= 11 is 6.06. The molecule has 0 aliphatic rings. The van der Waals surface area contributed by atoms with Crippen LogP contribution >= 0.6 is 11.6 Å². The Bertz CT molecular complexity index is 1040. The zero-order valence-corrected chi connectivity index (χ0v) is 11.5. The van der Waals surface area contributed by atoms with Crippen LogP contribution in [0.25, 0.3) is 32.6 Å². The molecule has 4 rings (SSSR count). The molecule has 0 aliphatic heterocycles. The second-order valence-electron chi connectivity index (χ2n) is 4.89. The van der Waals surface area contributed by atoms with Gasteiger partial charge in [0.15, 0.2) is 0 Å². The number of nitrogens with one attached hydrogen (secondary N) is 1.